The summed E-state index contributed by atoms with van der Waals surface area (Å²) < 4.78 is 5.87. The van der Waals surface area contributed by atoms with E-state index in [9.17, 15) is 0 Å². The van der Waals surface area contributed by atoms with E-state index in [-0.39, 0.29) is 0 Å². The van der Waals surface area contributed by atoms with Crippen molar-refractivity contribution in [2.75, 3.05) is 0 Å². The Balaban J connectivity index is 1.07. The van der Waals surface area contributed by atoms with E-state index in [2.05, 4.69) is 50.2 Å². The van der Waals surface area contributed by atoms with Crippen molar-refractivity contribution in [2.45, 2.75) is 168 Å². The minimum atomic E-state index is 1.25. The normalized spacial score (nSPS) is 12.1. The van der Waals surface area contributed by atoms with Crippen molar-refractivity contribution in [2.24, 2.45) is 0 Å². The molecule has 0 fully saturated rings. The summed E-state index contributed by atoms with van der Waals surface area (Å²) in [5, 5.41) is 5.82. The van der Waals surface area contributed by atoms with Crippen molar-refractivity contribution in [1.82, 2.24) is 0 Å². The Bertz CT molecular complexity index is 1430. The molecule has 0 aliphatic heterocycles. The highest BCUT2D eigenvalue weighted by Crippen LogP contribution is 2.42. The maximum atomic E-state index is 2.49. The third-order valence-corrected chi connectivity index (χ3v) is 13.3. The van der Waals surface area contributed by atoms with Gasteiger partial charge in [-0.3, -0.25) is 0 Å². The minimum Gasteiger partial charge on any atom is -0.140 e. The summed E-state index contributed by atoms with van der Waals surface area (Å²) in [6, 6.07) is 14.9. The Morgan fingerprint density at radius 2 is 0.667 bits per heavy atom. The van der Waals surface area contributed by atoms with E-state index in [0.29, 0.717) is 0 Å². The Labute approximate surface area is 287 Å². The minimum absolute atomic E-state index is 1.25. The van der Waals surface area contributed by atoms with Crippen LogP contribution in [0.2, 0.25) is 0 Å². The van der Waals surface area contributed by atoms with Crippen LogP contribution in [-0.4, -0.2) is 0 Å². The van der Waals surface area contributed by atoms with Crippen LogP contribution in [0.3, 0.4) is 0 Å². The van der Waals surface area contributed by atoms with Gasteiger partial charge in [0.15, 0.2) is 0 Å². The summed E-state index contributed by atoms with van der Waals surface area (Å²) in [5.41, 5.74) is 0. The van der Waals surface area contributed by atoms with Gasteiger partial charge >= 0.3 is 0 Å². The van der Waals surface area contributed by atoms with Gasteiger partial charge in [0.25, 0.3) is 0 Å². The molecule has 0 unspecified atom stereocenters. The fraction of sp³-hybridized carbons (Fsp3) is 0.619. The average Bonchev–Trinajstić information content (AvgIpc) is 3.73. The van der Waals surface area contributed by atoms with E-state index in [1.165, 1.54) is 194 Å². The molecule has 3 heterocycles. The summed E-state index contributed by atoms with van der Waals surface area (Å²) in [6.45, 7) is 4.61. The zero-order valence-corrected chi connectivity index (χ0v) is 31.1. The highest BCUT2D eigenvalue weighted by molar-refractivity contribution is 7.27. The number of hydrogen-bond acceptors (Lipinski definition) is 3. The van der Waals surface area contributed by atoms with Crippen LogP contribution in [-0.2, 0) is 12.8 Å². The summed E-state index contributed by atoms with van der Waals surface area (Å²) in [6.07, 6.45) is 33.7. The van der Waals surface area contributed by atoms with E-state index >= 15 is 0 Å². The van der Waals surface area contributed by atoms with Crippen molar-refractivity contribution >= 4 is 74.4 Å². The monoisotopic (exact) mass is 660 g/mol. The van der Waals surface area contributed by atoms with Crippen LogP contribution < -0.4 is 0 Å². The Kier molecular flexibility index (Phi) is 15.1. The molecule has 0 aliphatic rings. The lowest BCUT2D eigenvalue weighted by Crippen LogP contribution is -1.84. The molecule has 0 saturated carbocycles. The third-order valence-electron chi connectivity index (χ3n) is 9.90. The second-order valence-electron chi connectivity index (χ2n) is 13.9. The molecule has 0 nitrogen and oxygen atoms in total. The molecule has 45 heavy (non-hydrogen) atoms. The van der Waals surface area contributed by atoms with Gasteiger partial charge in [-0.05, 0) is 72.9 Å². The fourth-order valence-corrected chi connectivity index (χ4v) is 10.7. The van der Waals surface area contributed by atoms with Crippen molar-refractivity contribution in [3.63, 3.8) is 0 Å². The highest BCUT2D eigenvalue weighted by atomic mass is 32.1. The van der Waals surface area contributed by atoms with Gasteiger partial charge in [0, 0.05) is 39.3 Å². The molecule has 0 saturated heterocycles. The Hall–Kier alpha value is -1.42. The fourth-order valence-electron chi connectivity index (χ4n) is 7.13. The molecule has 5 rings (SSSR count). The molecular formula is C42H60S3. The van der Waals surface area contributed by atoms with Crippen LogP contribution in [0.1, 0.15) is 165 Å². The second-order valence-corrected chi connectivity index (χ2v) is 17.3. The number of rotatable bonds is 24. The molecule has 0 amide bonds. The maximum absolute atomic E-state index is 2.49. The molecule has 0 bridgehead atoms. The van der Waals surface area contributed by atoms with E-state index in [1.807, 2.05) is 34.0 Å². The summed E-state index contributed by atoms with van der Waals surface area (Å²) >= 11 is 6.07. The van der Waals surface area contributed by atoms with Crippen LogP contribution in [0.25, 0.3) is 40.3 Å². The lowest BCUT2D eigenvalue weighted by atomic mass is 10.0. The number of hydrogen-bond donors (Lipinski definition) is 0. The smallest absolute Gasteiger partial charge is 0.0369 e. The van der Waals surface area contributed by atoms with Crippen LogP contribution in [0.15, 0.2) is 36.4 Å². The van der Waals surface area contributed by atoms with Gasteiger partial charge in [-0.25, -0.2) is 0 Å². The zero-order chi connectivity index (χ0) is 31.1. The molecule has 246 valence electrons. The third kappa shape index (κ3) is 10.8. The van der Waals surface area contributed by atoms with Crippen molar-refractivity contribution in [1.29, 1.82) is 0 Å². The van der Waals surface area contributed by atoms with E-state index in [0.717, 1.165) is 0 Å². The molecular weight excluding hydrogens is 601 g/mol. The number of aryl methyl sites for hydroxylation is 2. The maximum Gasteiger partial charge on any atom is 0.0369 e. The molecule has 0 N–H and O–H groups in total. The zero-order valence-electron chi connectivity index (χ0n) is 28.7. The number of benzene rings is 2. The van der Waals surface area contributed by atoms with Crippen molar-refractivity contribution in [3.05, 3.63) is 46.2 Å². The van der Waals surface area contributed by atoms with Gasteiger partial charge in [0.2, 0.25) is 0 Å². The van der Waals surface area contributed by atoms with Gasteiger partial charge in [-0.2, -0.15) is 0 Å². The van der Waals surface area contributed by atoms with E-state index in [4.69, 9.17) is 0 Å². The van der Waals surface area contributed by atoms with Crippen LogP contribution >= 0.6 is 34.0 Å². The molecule has 3 heteroatoms. The molecule has 0 spiro atoms. The standard InChI is InChI=1S/C42H60S3/c1-3-5-7-9-11-13-15-17-19-21-23-25-35-27-33-29-37-38-30-34-28-36(26-24-22-20-18-16-14-12-10-8-6-4-2)44-40(34)32-42(38)45-41(37)31-39(33)43-35/h27-32H,3-26H2,1-2H3. The van der Waals surface area contributed by atoms with Gasteiger partial charge in [-0.1, -0.05) is 142 Å². The predicted octanol–water partition coefficient (Wildman–Crippen LogP) is 16.2. The van der Waals surface area contributed by atoms with Gasteiger partial charge in [-0.15, -0.1) is 34.0 Å². The summed E-state index contributed by atoms with van der Waals surface area (Å²) in [5.74, 6) is 0. The van der Waals surface area contributed by atoms with Crippen LogP contribution in [0.5, 0.6) is 0 Å². The largest absolute Gasteiger partial charge is 0.140 e. The lowest BCUT2D eigenvalue weighted by molar-refractivity contribution is 0.550. The first kappa shape index (κ1) is 34.9. The number of thiophene rings is 3. The molecule has 0 aliphatic carbocycles. The van der Waals surface area contributed by atoms with Crippen LogP contribution in [0.4, 0.5) is 0 Å². The average molecular weight is 661 g/mol. The Morgan fingerprint density at radius 3 is 1.02 bits per heavy atom. The molecule has 0 atom stereocenters. The Morgan fingerprint density at radius 1 is 0.333 bits per heavy atom. The SMILES string of the molecule is CCCCCCCCCCCCCc1cc2cc3c(cc2s1)sc1cc2sc(CCCCCCCCCCCCC)cc2cc13. The summed E-state index contributed by atoms with van der Waals surface area (Å²) in [7, 11) is 0. The number of fused-ring (bicyclic) bond motifs is 5. The van der Waals surface area contributed by atoms with Gasteiger partial charge < -0.3 is 0 Å². The second kappa shape index (κ2) is 19.4. The quantitative estimate of drug-likeness (QED) is 0.0578. The first-order valence-corrected chi connectivity index (χ1v) is 21.5. The van der Waals surface area contributed by atoms with E-state index in [1.54, 1.807) is 9.75 Å². The van der Waals surface area contributed by atoms with Gasteiger partial charge in [0.05, 0.1) is 0 Å². The summed E-state index contributed by atoms with van der Waals surface area (Å²) in [4.78, 5) is 3.16. The van der Waals surface area contributed by atoms with Gasteiger partial charge in [0.1, 0.15) is 0 Å². The first-order valence-electron chi connectivity index (χ1n) is 19.1. The molecule has 3 aromatic heterocycles. The van der Waals surface area contributed by atoms with Crippen LogP contribution in [0, 0.1) is 0 Å². The molecule has 2 aromatic carbocycles. The topological polar surface area (TPSA) is 0 Å². The lowest BCUT2D eigenvalue weighted by Gasteiger charge is -2.02. The first-order chi connectivity index (χ1) is 22.2. The van der Waals surface area contributed by atoms with E-state index < -0.39 is 0 Å². The van der Waals surface area contributed by atoms with Crippen molar-refractivity contribution in [3.8, 4) is 0 Å². The highest BCUT2D eigenvalue weighted by Gasteiger charge is 2.12. The molecule has 5 aromatic rings. The van der Waals surface area contributed by atoms with Crippen molar-refractivity contribution < 1.29 is 0 Å². The molecule has 0 radical (unpaired) electrons. The number of unbranched alkanes of at least 4 members (excludes halogenated alkanes) is 20. The predicted molar refractivity (Wildman–Crippen MR) is 210 cm³/mol.